The number of urea groups is 1. The monoisotopic (exact) mass is 386 g/mol. The maximum Gasteiger partial charge on any atom is 0.319 e. The molecule has 3 aliphatic rings. The van der Waals surface area contributed by atoms with E-state index in [9.17, 15) is 9.59 Å². The van der Waals surface area contributed by atoms with Gasteiger partial charge in [0.2, 0.25) is 5.91 Å². The Kier molecular flexibility index (Phi) is 5.71. The van der Waals surface area contributed by atoms with Crippen LogP contribution in [-0.2, 0) is 4.79 Å². The first-order valence-corrected chi connectivity index (χ1v) is 10.4. The van der Waals surface area contributed by atoms with Gasteiger partial charge in [0.15, 0.2) is 0 Å². The Labute approximate surface area is 166 Å². The van der Waals surface area contributed by atoms with E-state index in [2.05, 4.69) is 15.5 Å². The molecule has 0 spiro atoms. The summed E-state index contributed by atoms with van der Waals surface area (Å²) in [5.41, 5.74) is 1.39. The molecular weight excluding hydrogens is 356 g/mol. The van der Waals surface area contributed by atoms with Crippen molar-refractivity contribution in [1.29, 1.82) is 0 Å². The van der Waals surface area contributed by atoms with Crippen molar-refractivity contribution in [1.82, 2.24) is 10.2 Å². The molecule has 2 N–H and O–H groups in total. The molecule has 1 aromatic rings. The van der Waals surface area contributed by atoms with Gasteiger partial charge in [-0.15, -0.1) is 0 Å². The van der Waals surface area contributed by atoms with Crippen molar-refractivity contribution < 1.29 is 14.3 Å². The van der Waals surface area contributed by atoms with Gasteiger partial charge in [0, 0.05) is 43.8 Å². The van der Waals surface area contributed by atoms with Crippen LogP contribution in [0, 0.1) is 0 Å². The molecule has 28 heavy (non-hydrogen) atoms. The zero-order chi connectivity index (χ0) is 19.5. The number of nitrogens with one attached hydrogen (secondary N) is 2. The van der Waals surface area contributed by atoms with Crippen molar-refractivity contribution in [3.63, 3.8) is 0 Å². The van der Waals surface area contributed by atoms with Gasteiger partial charge in [0.25, 0.3) is 0 Å². The molecule has 3 fully saturated rings. The van der Waals surface area contributed by atoms with Crippen LogP contribution in [-0.4, -0.2) is 55.7 Å². The molecule has 0 radical (unpaired) electrons. The molecular formula is C21H30N4O3. The van der Waals surface area contributed by atoms with Crippen molar-refractivity contribution in [3.8, 4) is 5.75 Å². The van der Waals surface area contributed by atoms with Crippen molar-refractivity contribution in [2.45, 2.75) is 57.0 Å². The minimum absolute atomic E-state index is 0.105. The van der Waals surface area contributed by atoms with Crippen LogP contribution in [0.2, 0.25) is 0 Å². The summed E-state index contributed by atoms with van der Waals surface area (Å²) in [4.78, 5) is 29.1. The largest absolute Gasteiger partial charge is 0.495 e. The van der Waals surface area contributed by atoms with E-state index in [1.165, 1.54) is 12.8 Å². The van der Waals surface area contributed by atoms with Crippen LogP contribution < -0.4 is 20.3 Å². The highest BCUT2D eigenvalue weighted by molar-refractivity contribution is 5.97. The molecule has 7 heteroatoms. The molecule has 0 unspecified atom stereocenters. The lowest BCUT2D eigenvalue weighted by atomic mass is 10.1. The third-order valence-electron chi connectivity index (χ3n) is 5.98. The van der Waals surface area contributed by atoms with Crippen molar-refractivity contribution in [3.05, 3.63) is 18.2 Å². The Bertz CT molecular complexity index is 726. The van der Waals surface area contributed by atoms with E-state index in [4.69, 9.17) is 4.74 Å². The average Bonchev–Trinajstić information content (AvgIpc) is 3.54. The van der Waals surface area contributed by atoms with E-state index < -0.39 is 0 Å². The minimum atomic E-state index is -0.189. The summed E-state index contributed by atoms with van der Waals surface area (Å²) < 4.78 is 5.44. The Morgan fingerprint density at radius 3 is 2.57 bits per heavy atom. The minimum Gasteiger partial charge on any atom is -0.495 e. The molecule has 1 aliphatic carbocycles. The zero-order valence-electron chi connectivity index (χ0n) is 16.6. The Morgan fingerprint density at radius 2 is 1.89 bits per heavy atom. The van der Waals surface area contributed by atoms with Crippen LogP contribution in [0.4, 0.5) is 16.2 Å². The van der Waals surface area contributed by atoms with E-state index in [0.29, 0.717) is 24.4 Å². The van der Waals surface area contributed by atoms with E-state index in [0.717, 1.165) is 50.5 Å². The van der Waals surface area contributed by atoms with Gasteiger partial charge in [0.05, 0.1) is 12.8 Å². The smallest absolute Gasteiger partial charge is 0.319 e. The number of hydrogen-bond donors (Lipinski definition) is 2. The predicted molar refractivity (Wildman–Crippen MR) is 109 cm³/mol. The highest BCUT2D eigenvalue weighted by Crippen LogP contribution is 2.34. The Morgan fingerprint density at radius 1 is 1.11 bits per heavy atom. The highest BCUT2D eigenvalue weighted by atomic mass is 16.5. The van der Waals surface area contributed by atoms with E-state index in [-0.39, 0.29) is 18.0 Å². The predicted octanol–water partition coefficient (Wildman–Crippen LogP) is 2.96. The first-order valence-electron chi connectivity index (χ1n) is 10.4. The molecule has 0 atom stereocenters. The van der Waals surface area contributed by atoms with Gasteiger partial charge in [-0.1, -0.05) is 0 Å². The summed E-state index contributed by atoms with van der Waals surface area (Å²) in [5.74, 6) is 0.752. The second-order valence-electron chi connectivity index (χ2n) is 8.03. The summed E-state index contributed by atoms with van der Waals surface area (Å²) in [6.07, 6.45) is 7.13. The summed E-state index contributed by atoms with van der Waals surface area (Å²) in [7, 11) is 1.60. The number of methoxy groups -OCH3 is 1. The van der Waals surface area contributed by atoms with Crippen LogP contribution >= 0.6 is 0 Å². The van der Waals surface area contributed by atoms with Crippen molar-refractivity contribution in [2.75, 3.05) is 37.0 Å². The van der Waals surface area contributed by atoms with Crippen molar-refractivity contribution in [2.24, 2.45) is 0 Å². The SMILES string of the molecule is COc1ccc(NC(=O)NC2CCN(C3CC3)CC2)cc1N1CCCCC1=O. The van der Waals surface area contributed by atoms with E-state index in [1.54, 1.807) is 18.1 Å². The van der Waals surface area contributed by atoms with Crippen LogP contribution in [0.5, 0.6) is 5.75 Å². The van der Waals surface area contributed by atoms with Gasteiger partial charge < -0.3 is 25.2 Å². The van der Waals surface area contributed by atoms with E-state index in [1.807, 2.05) is 12.1 Å². The second kappa shape index (κ2) is 8.39. The fourth-order valence-electron chi connectivity index (χ4n) is 4.24. The standard InChI is InChI=1S/C21H30N4O3/c1-28-19-8-5-16(14-18(19)25-11-3-2-4-20(25)26)23-21(27)22-15-9-12-24(13-10-15)17-6-7-17/h5,8,14-15,17H,2-4,6-7,9-13H2,1H3,(H2,22,23,27). The van der Waals surface area contributed by atoms with Crippen molar-refractivity contribution >= 4 is 23.3 Å². The number of carbonyl (C=O) groups excluding carboxylic acids is 2. The van der Waals surface area contributed by atoms with Gasteiger partial charge in [-0.25, -0.2) is 4.79 Å². The number of amides is 3. The number of hydrogen-bond acceptors (Lipinski definition) is 4. The maximum atomic E-state index is 12.5. The third-order valence-corrected chi connectivity index (χ3v) is 5.98. The number of ether oxygens (including phenoxy) is 1. The summed E-state index contributed by atoms with van der Waals surface area (Å²) in [5, 5.41) is 6.02. The number of piperidine rings is 2. The number of carbonyl (C=O) groups is 2. The molecule has 3 amide bonds. The van der Waals surface area contributed by atoms with Gasteiger partial charge in [-0.2, -0.15) is 0 Å². The quantitative estimate of drug-likeness (QED) is 0.816. The first kappa shape index (κ1) is 19.1. The van der Waals surface area contributed by atoms with Crippen LogP contribution in [0.15, 0.2) is 18.2 Å². The molecule has 1 aromatic carbocycles. The number of likely N-dealkylation sites (tertiary alicyclic amines) is 1. The second-order valence-corrected chi connectivity index (χ2v) is 8.03. The lowest BCUT2D eigenvalue weighted by molar-refractivity contribution is -0.119. The number of benzene rings is 1. The summed E-state index contributed by atoms with van der Waals surface area (Å²) in [6, 6.07) is 6.27. The van der Waals surface area contributed by atoms with Crippen LogP contribution in [0.25, 0.3) is 0 Å². The molecule has 152 valence electrons. The summed E-state index contributed by atoms with van der Waals surface area (Å²) in [6.45, 7) is 2.82. The number of anilines is 2. The van der Waals surface area contributed by atoms with Gasteiger partial charge in [0.1, 0.15) is 5.75 Å². The van der Waals surface area contributed by atoms with E-state index >= 15 is 0 Å². The zero-order valence-corrected chi connectivity index (χ0v) is 16.6. The first-order chi connectivity index (χ1) is 13.6. The number of rotatable bonds is 5. The molecule has 2 saturated heterocycles. The maximum absolute atomic E-state index is 12.5. The fraction of sp³-hybridized carbons (Fsp3) is 0.619. The molecule has 1 saturated carbocycles. The molecule has 0 bridgehead atoms. The fourth-order valence-corrected chi connectivity index (χ4v) is 4.24. The Hall–Kier alpha value is -2.28. The van der Waals surface area contributed by atoms with Crippen LogP contribution in [0.1, 0.15) is 44.9 Å². The van der Waals surface area contributed by atoms with Crippen LogP contribution in [0.3, 0.4) is 0 Å². The number of nitrogens with zero attached hydrogens (tertiary/aromatic N) is 2. The highest BCUT2D eigenvalue weighted by Gasteiger charge is 2.32. The molecule has 2 heterocycles. The molecule has 0 aromatic heterocycles. The lowest BCUT2D eigenvalue weighted by Crippen LogP contribution is -2.46. The average molecular weight is 386 g/mol. The van der Waals surface area contributed by atoms with Gasteiger partial charge in [-0.3, -0.25) is 4.79 Å². The molecule has 4 rings (SSSR count). The Balaban J connectivity index is 1.36. The molecule has 2 aliphatic heterocycles. The third kappa shape index (κ3) is 4.41. The van der Waals surface area contributed by atoms with Gasteiger partial charge in [-0.05, 0) is 56.7 Å². The lowest BCUT2D eigenvalue weighted by Gasteiger charge is -2.32. The normalized spacial score (nSPS) is 21.5. The van der Waals surface area contributed by atoms with Gasteiger partial charge >= 0.3 is 6.03 Å². The molecule has 7 nitrogen and oxygen atoms in total. The topological polar surface area (TPSA) is 73.9 Å². The summed E-state index contributed by atoms with van der Waals surface area (Å²) >= 11 is 0.